The predicted molar refractivity (Wildman–Crippen MR) is 119 cm³/mol. The minimum atomic E-state index is -4.68. The molecule has 4 rings (SSSR count). The second-order valence-corrected chi connectivity index (χ2v) is 9.21. The molecule has 6 nitrogen and oxygen atoms in total. The Hall–Kier alpha value is -2.65. The van der Waals surface area contributed by atoms with Crippen molar-refractivity contribution in [2.45, 2.75) is 50.0 Å². The molecule has 1 aromatic heterocycles. The summed E-state index contributed by atoms with van der Waals surface area (Å²) in [4.78, 5) is 17.4. The zero-order chi connectivity index (χ0) is 23.8. The first kappa shape index (κ1) is 23.5. The summed E-state index contributed by atoms with van der Waals surface area (Å²) in [6.07, 6.45) is -3.39. The number of pyridine rings is 1. The zero-order valence-corrected chi connectivity index (χ0v) is 18.9. The molecule has 33 heavy (non-hydrogen) atoms. The summed E-state index contributed by atoms with van der Waals surface area (Å²) in [5.41, 5.74) is 2.80. The molecule has 2 aromatic rings. The van der Waals surface area contributed by atoms with Crippen LogP contribution in [-0.4, -0.2) is 60.9 Å². The van der Waals surface area contributed by atoms with Gasteiger partial charge in [-0.3, -0.25) is 9.78 Å². The summed E-state index contributed by atoms with van der Waals surface area (Å²) in [7, 11) is 1.14. The lowest BCUT2D eigenvalue weighted by molar-refractivity contribution is -0.194. The number of carbonyl (C=O) groups is 1. The topological polar surface area (TPSA) is 66.5 Å². The summed E-state index contributed by atoms with van der Waals surface area (Å²) in [5, 5.41) is 6.40. The molecular formula is C24H29F3N4O2. The number of carbonyl (C=O) groups excluding carboxylic acids is 1. The van der Waals surface area contributed by atoms with Gasteiger partial charge >= 0.3 is 6.18 Å². The van der Waals surface area contributed by atoms with Crippen molar-refractivity contribution in [3.8, 4) is 0 Å². The number of hydrogen-bond acceptors (Lipinski definition) is 5. The SMILES string of the molecule is CN(C(=O)[C@H]1CNCCO1)[C@@H](c1ccc(N[C@H]2Cc3ccccc3C2(C)C)cn1)C(F)(F)F. The average molecular weight is 463 g/mol. The highest BCUT2D eigenvalue weighted by Crippen LogP contribution is 2.40. The Morgan fingerprint density at radius 2 is 2.03 bits per heavy atom. The quantitative estimate of drug-likeness (QED) is 0.713. The fourth-order valence-corrected chi connectivity index (χ4v) is 4.74. The van der Waals surface area contributed by atoms with E-state index in [-0.39, 0.29) is 30.3 Å². The molecule has 1 aliphatic heterocycles. The number of ether oxygens (including phenoxy) is 1. The summed E-state index contributed by atoms with van der Waals surface area (Å²) in [6.45, 7) is 5.33. The number of fused-ring (bicyclic) bond motifs is 1. The number of hydrogen-bond donors (Lipinski definition) is 2. The van der Waals surface area contributed by atoms with E-state index in [1.165, 1.54) is 23.4 Å². The predicted octanol–water partition coefficient (Wildman–Crippen LogP) is 3.45. The maximum Gasteiger partial charge on any atom is 0.414 e. The first-order valence-corrected chi connectivity index (χ1v) is 11.1. The highest BCUT2D eigenvalue weighted by Gasteiger charge is 2.47. The van der Waals surface area contributed by atoms with Gasteiger partial charge < -0.3 is 20.3 Å². The number of nitrogens with zero attached hydrogens (tertiary/aromatic N) is 2. The van der Waals surface area contributed by atoms with Crippen molar-refractivity contribution >= 4 is 11.6 Å². The van der Waals surface area contributed by atoms with Crippen LogP contribution in [0.1, 0.15) is 36.7 Å². The second kappa shape index (κ2) is 8.95. The van der Waals surface area contributed by atoms with Crippen LogP contribution in [0.4, 0.5) is 18.9 Å². The number of nitrogens with one attached hydrogen (secondary N) is 2. The van der Waals surface area contributed by atoms with Crippen LogP contribution in [0.2, 0.25) is 0 Å². The third-order valence-corrected chi connectivity index (χ3v) is 6.66. The Labute approximate surface area is 191 Å². The van der Waals surface area contributed by atoms with Gasteiger partial charge in [0, 0.05) is 31.6 Å². The number of morpholine rings is 1. The molecular weight excluding hydrogens is 433 g/mol. The van der Waals surface area contributed by atoms with Gasteiger partial charge in [-0.25, -0.2) is 0 Å². The number of benzene rings is 1. The summed E-state index contributed by atoms with van der Waals surface area (Å²) < 4.78 is 47.2. The van der Waals surface area contributed by atoms with Crippen LogP contribution in [-0.2, 0) is 21.4 Å². The second-order valence-electron chi connectivity index (χ2n) is 9.21. The highest BCUT2D eigenvalue weighted by molar-refractivity contribution is 5.81. The lowest BCUT2D eigenvalue weighted by Crippen LogP contribution is -2.51. The Morgan fingerprint density at radius 3 is 2.64 bits per heavy atom. The number of rotatable bonds is 5. The molecule has 1 fully saturated rings. The largest absolute Gasteiger partial charge is 0.414 e. The van der Waals surface area contributed by atoms with Crippen LogP contribution in [0, 0.1) is 0 Å². The monoisotopic (exact) mass is 462 g/mol. The molecule has 2 heterocycles. The summed E-state index contributed by atoms with van der Waals surface area (Å²) in [5.74, 6) is -0.723. The van der Waals surface area contributed by atoms with Crippen molar-refractivity contribution in [1.29, 1.82) is 0 Å². The molecule has 0 spiro atoms. The molecule has 0 saturated carbocycles. The van der Waals surface area contributed by atoms with Gasteiger partial charge in [0.05, 0.1) is 24.2 Å². The van der Waals surface area contributed by atoms with Gasteiger partial charge in [0.15, 0.2) is 6.04 Å². The van der Waals surface area contributed by atoms with Crippen molar-refractivity contribution in [3.63, 3.8) is 0 Å². The number of likely N-dealkylation sites (N-methyl/N-ethyl adjacent to an activating group) is 1. The number of anilines is 1. The van der Waals surface area contributed by atoms with Crippen molar-refractivity contribution in [2.24, 2.45) is 0 Å². The first-order valence-electron chi connectivity index (χ1n) is 11.1. The molecule has 0 unspecified atom stereocenters. The summed E-state index contributed by atoms with van der Waals surface area (Å²) >= 11 is 0. The van der Waals surface area contributed by atoms with E-state index in [1.807, 2.05) is 12.1 Å². The van der Waals surface area contributed by atoms with Crippen molar-refractivity contribution in [2.75, 3.05) is 32.1 Å². The van der Waals surface area contributed by atoms with Gasteiger partial charge in [0.2, 0.25) is 0 Å². The number of aromatic nitrogens is 1. The van der Waals surface area contributed by atoms with Crippen LogP contribution >= 0.6 is 0 Å². The Kier molecular flexibility index (Phi) is 6.37. The van der Waals surface area contributed by atoms with Crippen LogP contribution < -0.4 is 10.6 Å². The van der Waals surface area contributed by atoms with E-state index in [2.05, 4.69) is 41.6 Å². The average Bonchev–Trinajstić information content (AvgIpc) is 3.04. The molecule has 178 valence electrons. The van der Waals surface area contributed by atoms with E-state index >= 15 is 0 Å². The van der Waals surface area contributed by atoms with E-state index in [0.29, 0.717) is 17.1 Å². The van der Waals surface area contributed by atoms with Gasteiger partial charge in [-0.15, -0.1) is 0 Å². The maximum atomic E-state index is 14.0. The van der Waals surface area contributed by atoms with Crippen LogP contribution in [0.15, 0.2) is 42.6 Å². The Balaban J connectivity index is 1.51. The van der Waals surface area contributed by atoms with E-state index in [0.717, 1.165) is 13.5 Å². The minimum Gasteiger partial charge on any atom is -0.380 e. The lowest BCUT2D eigenvalue weighted by Gasteiger charge is -2.33. The summed E-state index contributed by atoms with van der Waals surface area (Å²) in [6, 6.07) is 9.10. The number of alkyl halides is 3. The standard InChI is InChI=1S/C24H29F3N4O2/c1-23(2)17-7-5-4-6-15(17)12-20(23)30-16-8-9-18(29-13-16)21(24(25,26)27)31(3)22(32)19-14-28-10-11-33-19/h4-9,13,19-21,28,30H,10-12,14H2,1-3H3/t19-,20+,21+/m1/s1. The molecule has 1 saturated heterocycles. The van der Waals surface area contributed by atoms with Crippen molar-refractivity contribution in [3.05, 3.63) is 59.4 Å². The molecule has 2 N–H and O–H groups in total. The normalized spacial score (nSPS) is 23.0. The van der Waals surface area contributed by atoms with Gasteiger partial charge in [-0.1, -0.05) is 38.1 Å². The van der Waals surface area contributed by atoms with Crippen molar-refractivity contribution < 1.29 is 22.7 Å². The zero-order valence-electron chi connectivity index (χ0n) is 18.9. The Morgan fingerprint density at radius 1 is 1.27 bits per heavy atom. The molecule has 2 aliphatic rings. The third kappa shape index (κ3) is 4.70. The van der Waals surface area contributed by atoms with E-state index < -0.39 is 24.2 Å². The first-order chi connectivity index (χ1) is 15.6. The molecule has 3 atom stereocenters. The van der Waals surface area contributed by atoms with Gasteiger partial charge in [0.25, 0.3) is 5.91 Å². The fourth-order valence-electron chi connectivity index (χ4n) is 4.74. The Bertz CT molecular complexity index is 988. The molecule has 0 bridgehead atoms. The molecule has 9 heteroatoms. The number of halogens is 3. The van der Waals surface area contributed by atoms with E-state index in [1.54, 1.807) is 6.07 Å². The fraction of sp³-hybridized carbons (Fsp3) is 0.500. The minimum absolute atomic E-state index is 0.0844. The van der Waals surface area contributed by atoms with Crippen molar-refractivity contribution in [1.82, 2.24) is 15.2 Å². The van der Waals surface area contributed by atoms with Gasteiger partial charge in [-0.05, 0) is 29.7 Å². The maximum absolute atomic E-state index is 14.0. The molecule has 1 aromatic carbocycles. The van der Waals surface area contributed by atoms with E-state index in [4.69, 9.17) is 4.74 Å². The number of amides is 1. The van der Waals surface area contributed by atoms with Gasteiger partial charge in [0.1, 0.15) is 6.10 Å². The molecule has 1 aliphatic carbocycles. The van der Waals surface area contributed by atoms with Crippen LogP contribution in [0.5, 0.6) is 0 Å². The molecule has 1 amide bonds. The lowest BCUT2D eigenvalue weighted by atomic mass is 9.83. The van der Waals surface area contributed by atoms with E-state index in [9.17, 15) is 18.0 Å². The molecule has 0 radical (unpaired) electrons. The smallest absolute Gasteiger partial charge is 0.380 e. The van der Waals surface area contributed by atoms with Crippen LogP contribution in [0.25, 0.3) is 0 Å². The third-order valence-electron chi connectivity index (χ3n) is 6.66. The highest BCUT2D eigenvalue weighted by atomic mass is 19.4. The van der Waals surface area contributed by atoms with Crippen LogP contribution in [0.3, 0.4) is 0 Å². The van der Waals surface area contributed by atoms with Gasteiger partial charge in [-0.2, -0.15) is 13.2 Å².